The van der Waals surface area contributed by atoms with Crippen molar-refractivity contribution in [2.24, 2.45) is 0 Å². The summed E-state index contributed by atoms with van der Waals surface area (Å²) in [5.74, 6) is -2.49. The maximum atomic E-state index is 13.4. The molecule has 1 N–H and O–H groups in total. The van der Waals surface area contributed by atoms with Gasteiger partial charge in [0.2, 0.25) is 5.91 Å². The molecule has 6 nitrogen and oxygen atoms in total. The summed E-state index contributed by atoms with van der Waals surface area (Å²) in [7, 11) is 0. The van der Waals surface area contributed by atoms with Crippen LogP contribution in [0.25, 0.3) is 0 Å². The molecule has 0 unspecified atom stereocenters. The minimum atomic E-state index is -0.948. The number of nitro benzene ring substituents is 1. The second-order valence-corrected chi connectivity index (χ2v) is 3.59. The molecule has 0 atom stereocenters. The average molecular weight is 275 g/mol. The number of hydrogen-bond donors (Lipinski definition) is 1. The number of alkyl halides is 1. The van der Waals surface area contributed by atoms with Gasteiger partial charge in [-0.3, -0.25) is 19.7 Å². The Morgan fingerprint density at radius 2 is 2.11 bits per heavy atom. The number of halogens is 2. The zero-order valence-corrected chi connectivity index (χ0v) is 9.74. The summed E-state index contributed by atoms with van der Waals surface area (Å²) in [6.07, 6.45) is -0.472. The lowest BCUT2D eigenvalue weighted by molar-refractivity contribution is -0.385. The molecule has 1 aromatic rings. The Labute approximate surface area is 106 Å². The van der Waals surface area contributed by atoms with Crippen LogP contribution in [0.1, 0.15) is 6.42 Å². The zero-order valence-electron chi connectivity index (χ0n) is 8.98. The summed E-state index contributed by atoms with van der Waals surface area (Å²) in [5.41, 5.74) is -0.657. The minimum Gasteiger partial charge on any atom is -0.323 e. The number of ketones is 1. The van der Waals surface area contributed by atoms with E-state index in [1.807, 2.05) is 0 Å². The Hall–Kier alpha value is -2.02. The Morgan fingerprint density at radius 3 is 2.61 bits per heavy atom. The van der Waals surface area contributed by atoms with Gasteiger partial charge in [-0.15, -0.1) is 11.6 Å². The molecule has 0 aliphatic heterocycles. The summed E-state index contributed by atoms with van der Waals surface area (Å²) in [6.45, 7) is 0. The normalized spacial score (nSPS) is 9.89. The first-order valence-corrected chi connectivity index (χ1v) is 5.29. The van der Waals surface area contributed by atoms with Gasteiger partial charge in [-0.05, 0) is 6.07 Å². The first-order valence-electron chi connectivity index (χ1n) is 4.75. The predicted octanol–water partition coefficient (Wildman–Crippen LogP) is 1.87. The van der Waals surface area contributed by atoms with Gasteiger partial charge in [0.05, 0.1) is 29.0 Å². The SMILES string of the molecule is O=C(CCl)CC(=O)Nc1ccc([N+](=O)[O-])cc1F. The first kappa shape index (κ1) is 14.0. The third kappa shape index (κ3) is 3.77. The summed E-state index contributed by atoms with van der Waals surface area (Å²) in [6, 6.07) is 2.78. The van der Waals surface area contributed by atoms with Crippen LogP contribution in [0.3, 0.4) is 0 Å². The molecule has 0 aliphatic carbocycles. The number of anilines is 1. The summed E-state index contributed by atoms with van der Waals surface area (Å²) in [5, 5.41) is 12.5. The highest BCUT2D eigenvalue weighted by atomic mass is 35.5. The van der Waals surface area contributed by atoms with Crippen molar-refractivity contribution >= 4 is 34.7 Å². The Morgan fingerprint density at radius 1 is 1.44 bits per heavy atom. The van der Waals surface area contributed by atoms with Crippen LogP contribution in [0, 0.1) is 15.9 Å². The van der Waals surface area contributed by atoms with Gasteiger partial charge in [-0.1, -0.05) is 0 Å². The van der Waals surface area contributed by atoms with Crippen molar-refractivity contribution in [1.29, 1.82) is 0 Å². The fourth-order valence-electron chi connectivity index (χ4n) is 1.14. The first-order chi connectivity index (χ1) is 8.43. The Bertz CT molecular complexity index is 507. The predicted molar refractivity (Wildman–Crippen MR) is 62.0 cm³/mol. The number of nitro groups is 1. The molecule has 0 aromatic heterocycles. The second kappa shape index (κ2) is 6.06. The molecular formula is C10H8ClFN2O4. The van der Waals surface area contributed by atoms with Crippen LogP contribution in [0.5, 0.6) is 0 Å². The average Bonchev–Trinajstić information content (AvgIpc) is 2.31. The van der Waals surface area contributed by atoms with E-state index in [4.69, 9.17) is 11.6 Å². The molecule has 8 heteroatoms. The van der Waals surface area contributed by atoms with Gasteiger partial charge in [0.1, 0.15) is 0 Å². The molecule has 96 valence electrons. The quantitative estimate of drug-likeness (QED) is 0.384. The standard InChI is InChI=1S/C10H8ClFN2O4/c11-5-7(15)4-10(16)13-9-2-1-6(14(17)18)3-8(9)12/h1-3H,4-5H2,(H,13,16). The van der Waals surface area contributed by atoms with E-state index in [0.29, 0.717) is 6.07 Å². The summed E-state index contributed by atoms with van der Waals surface area (Å²) in [4.78, 5) is 31.7. The van der Waals surface area contributed by atoms with Crippen molar-refractivity contribution < 1.29 is 18.9 Å². The summed E-state index contributed by atoms with van der Waals surface area (Å²) < 4.78 is 13.4. The number of benzene rings is 1. The van der Waals surface area contributed by atoms with Crippen LogP contribution < -0.4 is 5.32 Å². The van der Waals surface area contributed by atoms with E-state index in [2.05, 4.69) is 5.32 Å². The molecule has 0 fully saturated rings. The van der Waals surface area contributed by atoms with Gasteiger partial charge in [0.15, 0.2) is 11.6 Å². The highest BCUT2D eigenvalue weighted by Gasteiger charge is 2.14. The molecule has 0 aliphatic rings. The van der Waals surface area contributed by atoms with E-state index >= 15 is 0 Å². The van der Waals surface area contributed by atoms with Gasteiger partial charge in [-0.2, -0.15) is 0 Å². The fraction of sp³-hybridized carbons (Fsp3) is 0.200. The number of carbonyl (C=O) groups is 2. The molecule has 1 aromatic carbocycles. The topological polar surface area (TPSA) is 89.3 Å². The van der Waals surface area contributed by atoms with Crippen molar-refractivity contribution in [2.75, 3.05) is 11.2 Å². The number of nitrogens with zero attached hydrogens (tertiary/aromatic N) is 1. The van der Waals surface area contributed by atoms with Crippen LogP contribution in [0.15, 0.2) is 18.2 Å². The number of non-ortho nitro benzene ring substituents is 1. The maximum absolute atomic E-state index is 13.4. The third-order valence-corrected chi connectivity index (χ3v) is 2.24. The number of rotatable bonds is 5. The Balaban J connectivity index is 2.77. The molecule has 18 heavy (non-hydrogen) atoms. The monoisotopic (exact) mass is 274 g/mol. The fourth-order valence-corrected chi connectivity index (χ4v) is 1.23. The van der Waals surface area contributed by atoms with Crippen LogP contribution in [-0.4, -0.2) is 22.5 Å². The highest BCUT2D eigenvalue weighted by Crippen LogP contribution is 2.20. The molecule has 0 saturated heterocycles. The highest BCUT2D eigenvalue weighted by molar-refractivity contribution is 6.29. The number of Topliss-reactive ketones (excluding diaryl/α,β-unsaturated/α-hetero) is 1. The van der Waals surface area contributed by atoms with E-state index in [-0.39, 0.29) is 11.6 Å². The molecule has 0 bridgehead atoms. The lowest BCUT2D eigenvalue weighted by Crippen LogP contribution is -2.17. The van der Waals surface area contributed by atoms with E-state index in [1.54, 1.807) is 0 Å². The van der Waals surface area contributed by atoms with Crippen molar-refractivity contribution in [1.82, 2.24) is 0 Å². The number of hydrogen-bond acceptors (Lipinski definition) is 4. The number of amides is 1. The smallest absolute Gasteiger partial charge is 0.272 e. The van der Waals surface area contributed by atoms with Crippen molar-refractivity contribution in [2.45, 2.75) is 6.42 Å². The van der Waals surface area contributed by atoms with Crippen LogP contribution in [0.4, 0.5) is 15.8 Å². The third-order valence-electron chi connectivity index (χ3n) is 1.94. The van der Waals surface area contributed by atoms with E-state index < -0.39 is 34.5 Å². The van der Waals surface area contributed by atoms with Gasteiger partial charge < -0.3 is 5.32 Å². The van der Waals surface area contributed by atoms with E-state index in [9.17, 15) is 24.1 Å². The molecule has 0 saturated carbocycles. The van der Waals surface area contributed by atoms with Crippen LogP contribution in [0.2, 0.25) is 0 Å². The van der Waals surface area contributed by atoms with E-state index in [1.165, 1.54) is 0 Å². The van der Waals surface area contributed by atoms with Gasteiger partial charge in [-0.25, -0.2) is 4.39 Å². The van der Waals surface area contributed by atoms with E-state index in [0.717, 1.165) is 12.1 Å². The van der Waals surface area contributed by atoms with Crippen molar-refractivity contribution in [3.8, 4) is 0 Å². The van der Waals surface area contributed by atoms with Crippen LogP contribution >= 0.6 is 11.6 Å². The largest absolute Gasteiger partial charge is 0.323 e. The summed E-state index contributed by atoms with van der Waals surface area (Å²) >= 11 is 5.21. The van der Waals surface area contributed by atoms with Crippen LogP contribution in [-0.2, 0) is 9.59 Å². The lowest BCUT2D eigenvalue weighted by atomic mass is 10.2. The lowest BCUT2D eigenvalue weighted by Gasteiger charge is -2.05. The zero-order chi connectivity index (χ0) is 13.7. The molecule has 1 amide bonds. The molecule has 0 radical (unpaired) electrons. The Kier molecular flexibility index (Phi) is 4.73. The molecule has 1 rings (SSSR count). The molecule has 0 spiro atoms. The molecular weight excluding hydrogens is 267 g/mol. The second-order valence-electron chi connectivity index (χ2n) is 3.32. The number of nitrogens with one attached hydrogen (secondary N) is 1. The van der Waals surface area contributed by atoms with Gasteiger partial charge in [0.25, 0.3) is 5.69 Å². The minimum absolute atomic E-state index is 0.229. The van der Waals surface area contributed by atoms with Crippen molar-refractivity contribution in [3.63, 3.8) is 0 Å². The number of carbonyl (C=O) groups excluding carboxylic acids is 2. The van der Waals surface area contributed by atoms with Gasteiger partial charge >= 0.3 is 0 Å². The van der Waals surface area contributed by atoms with Gasteiger partial charge in [0, 0.05) is 6.07 Å². The maximum Gasteiger partial charge on any atom is 0.272 e. The van der Waals surface area contributed by atoms with Crippen molar-refractivity contribution in [3.05, 3.63) is 34.1 Å². The molecule has 0 heterocycles.